The SMILES string of the molecule is CCC(C)NC(=O)C(CC)N(Cc1ccc(C)cc1)C(=O)CCCN(c1cccc(Cl)c1)S(C)(=O)=O. The lowest BCUT2D eigenvalue weighted by Crippen LogP contribution is -2.50. The highest BCUT2D eigenvalue weighted by Crippen LogP contribution is 2.23. The van der Waals surface area contributed by atoms with Gasteiger partial charge in [0.25, 0.3) is 0 Å². The third-order valence-corrected chi connectivity index (χ3v) is 7.54. The van der Waals surface area contributed by atoms with E-state index < -0.39 is 16.1 Å². The molecule has 2 amide bonds. The van der Waals surface area contributed by atoms with Gasteiger partial charge in [-0.25, -0.2) is 8.42 Å². The summed E-state index contributed by atoms with van der Waals surface area (Å²) >= 11 is 6.06. The number of nitrogens with one attached hydrogen (secondary N) is 1. The van der Waals surface area contributed by atoms with Crippen molar-refractivity contribution in [3.8, 4) is 0 Å². The number of halogens is 1. The number of aryl methyl sites for hydroxylation is 1. The minimum atomic E-state index is -3.57. The number of amides is 2. The summed E-state index contributed by atoms with van der Waals surface area (Å²) in [5.41, 5.74) is 2.49. The minimum Gasteiger partial charge on any atom is -0.352 e. The van der Waals surface area contributed by atoms with Crippen molar-refractivity contribution >= 4 is 39.1 Å². The molecule has 0 aliphatic heterocycles. The van der Waals surface area contributed by atoms with Crippen LogP contribution in [0.15, 0.2) is 48.5 Å². The zero-order chi connectivity index (χ0) is 26.9. The van der Waals surface area contributed by atoms with E-state index in [1.54, 1.807) is 29.2 Å². The van der Waals surface area contributed by atoms with E-state index in [1.165, 1.54) is 4.31 Å². The van der Waals surface area contributed by atoms with E-state index in [1.807, 2.05) is 52.0 Å². The molecule has 2 unspecified atom stereocenters. The second-order valence-corrected chi connectivity index (χ2v) is 11.5. The van der Waals surface area contributed by atoms with E-state index in [2.05, 4.69) is 5.32 Å². The molecule has 0 fully saturated rings. The summed E-state index contributed by atoms with van der Waals surface area (Å²) in [6.45, 7) is 8.24. The van der Waals surface area contributed by atoms with Gasteiger partial charge in [0.2, 0.25) is 21.8 Å². The first-order valence-corrected chi connectivity index (χ1v) is 14.6. The lowest BCUT2D eigenvalue weighted by molar-refractivity contribution is -0.141. The van der Waals surface area contributed by atoms with Gasteiger partial charge in [-0.3, -0.25) is 13.9 Å². The molecule has 9 heteroatoms. The predicted octanol–water partition coefficient (Wildman–Crippen LogP) is 4.92. The van der Waals surface area contributed by atoms with Gasteiger partial charge in [0.15, 0.2) is 0 Å². The molecule has 2 aromatic carbocycles. The molecule has 0 aliphatic rings. The van der Waals surface area contributed by atoms with Crippen LogP contribution in [0.1, 0.15) is 57.6 Å². The second kappa shape index (κ2) is 13.7. The Hall–Kier alpha value is -2.58. The summed E-state index contributed by atoms with van der Waals surface area (Å²) in [5.74, 6) is -0.370. The Bertz CT molecular complexity index is 1120. The van der Waals surface area contributed by atoms with Crippen LogP contribution in [0.2, 0.25) is 5.02 Å². The Morgan fingerprint density at radius 3 is 2.28 bits per heavy atom. The summed E-state index contributed by atoms with van der Waals surface area (Å²) in [4.78, 5) is 28.1. The van der Waals surface area contributed by atoms with E-state index in [0.717, 1.165) is 23.8 Å². The highest BCUT2D eigenvalue weighted by atomic mass is 35.5. The third-order valence-electron chi connectivity index (χ3n) is 6.11. The van der Waals surface area contributed by atoms with Crippen LogP contribution in [-0.4, -0.2) is 50.0 Å². The molecule has 0 radical (unpaired) electrons. The second-order valence-electron chi connectivity index (χ2n) is 9.17. The van der Waals surface area contributed by atoms with Crippen LogP contribution in [0.25, 0.3) is 0 Å². The van der Waals surface area contributed by atoms with Gasteiger partial charge in [-0.1, -0.05) is 61.3 Å². The van der Waals surface area contributed by atoms with Crippen molar-refractivity contribution in [1.29, 1.82) is 0 Å². The van der Waals surface area contributed by atoms with E-state index in [0.29, 0.717) is 30.1 Å². The van der Waals surface area contributed by atoms with Crippen molar-refractivity contribution in [1.82, 2.24) is 10.2 Å². The fraction of sp³-hybridized carbons (Fsp3) is 0.481. The van der Waals surface area contributed by atoms with Crippen LogP contribution in [-0.2, 0) is 26.2 Å². The molecule has 2 rings (SSSR count). The first kappa shape index (κ1) is 29.6. The third kappa shape index (κ3) is 8.82. The van der Waals surface area contributed by atoms with Crippen LogP contribution in [0.3, 0.4) is 0 Å². The van der Waals surface area contributed by atoms with E-state index in [9.17, 15) is 18.0 Å². The van der Waals surface area contributed by atoms with Crippen molar-refractivity contribution in [2.24, 2.45) is 0 Å². The molecule has 0 aromatic heterocycles. The van der Waals surface area contributed by atoms with Crippen LogP contribution in [0, 0.1) is 6.92 Å². The molecule has 2 aromatic rings. The maximum atomic E-state index is 13.5. The summed E-state index contributed by atoms with van der Waals surface area (Å²) in [6.07, 6.45) is 2.79. The topological polar surface area (TPSA) is 86.8 Å². The Kier molecular flexibility index (Phi) is 11.2. The highest BCUT2D eigenvalue weighted by molar-refractivity contribution is 7.92. The summed E-state index contributed by atoms with van der Waals surface area (Å²) < 4.78 is 26.1. The molecular weight excluding hydrogens is 498 g/mol. The fourth-order valence-corrected chi connectivity index (χ4v) is 5.03. The quantitative estimate of drug-likeness (QED) is 0.394. The van der Waals surface area contributed by atoms with Crippen molar-refractivity contribution in [3.05, 3.63) is 64.7 Å². The minimum absolute atomic E-state index is 0.00360. The molecule has 0 bridgehead atoms. The van der Waals surface area contributed by atoms with E-state index in [-0.39, 0.29) is 30.8 Å². The lowest BCUT2D eigenvalue weighted by atomic mass is 10.1. The summed E-state index contributed by atoms with van der Waals surface area (Å²) in [5, 5.41) is 3.43. The number of anilines is 1. The van der Waals surface area contributed by atoms with Gasteiger partial charge >= 0.3 is 0 Å². The first-order valence-electron chi connectivity index (χ1n) is 12.3. The molecule has 0 aliphatic carbocycles. The number of hydrogen-bond acceptors (Lipinski definition) is 4. The first-order chi connectivity index (χ1) is 17.0. The van der Waals surface area contributed by atoms with Crippen LogP contribution < -0.4 is 9.62 Å². The van der Waals surface area contributed by atoms with Gasteiger partial charge in [0.1, 0.15) is 6.04 Å². The average molecular weight is 536 g/mol. The van der Waals surface area contributed by atoms with Gasteiger partial charge in [0.05, 0.1) is 11.9 Å². The fourth-order valence-electron chi connectivity index (χ4n) is 3.89. The maximum Gasteiger partial charge on any atom is 0.243 e. The molecule has 0 spiro atoms. The molecule has 2 atom stereocenters. The number of benzene rings is 2. The number of rotatable bonds is 13. The van der Waals surface area contributed by atoms with Gasteiger partial charge in [-0.15, -0.1) is 0 Å². The predicted molar refractivity (Wildman–Crippen MR) is 147 cm³/mol. The normalized spacial score (nSPS) is 13.1. The van der Waals surface area contributed by atoms with Gasteiger partial charge in [0, 0.05) is 30.6 Å². The van der Waals surface area contributed by atoms with Crippen molar-refractivity contribution < 1.29 is 18.0 Å². The van der Waals surface area contributed by atoms with Crippen molar-refractivity contribution in [3.63, 3.8) is 0 Å². The maximum absolute atomic E-state index is 13.5. The van der Waals surface area contributed by atoms with Crippen LogP contribution >= 0.6 is 11.6 Å². The molecular formula is C27H38ClN3O4S. The molecule has 1 N–H and O–H groups in total. The average Bonchev–Trinajstić information content (AvgIpc) is 2.81. The molecule has 198 valence electrons. The summed E-state index contributed by atoms with van der Waals surface area (Å²) in [7, 11) is -3.57. The van der Waals surface area contributed by atoms with Crippen LogP contribution in [0.5, 0.6) is 0 Å². The van der Waals surface area contributed by atoms with E-state index in [4.69, 9.17) is 11.6 Å². The van der Waals surface area contributed by atoms with Crippen molar-refractivity contribution in [2.75, 3.05) is 17.1 Å². The van der Waals surface area contributed by atoms with Crippen molar-refractivity contribution in [2.45, 2.75) is 72.0 Å². The Labute approximate surface area is 220 Å². The van der Waals surface area contributed by atoms with Gasteiger partial charge in [-0.05, 0) is 56.9 Å². The zero-order valence-corrected chi connectivity index (χ0v) is 23.4. The monoisotopic (exact) mass is 535 g/mol. The smallest absolute Gasteiger partial charge is 0.243 e. The van der Waals surface area contributed by atoms with Gasteiger partial charge < -0.3 is 10.2 Å². The molecule has 0 saturated heterocycles. The number of nitrogens with zero attached hydrogens (tertiary/aromatic N) is 2. The Morgan fingerprint density at radius 2 is 1.72 bits per heavy atom. The number of sulfonamides is 1. The highest BCUT2D eigenvalue weighted by Gasteiger charge is 2.29. The zero-order valence-electron chi connectivity index (χ0n) is 21.8. The Morgan fingerprint density at radius 1 is 1.06 bits per heavy atom. The van der Waals surface area contributed by atoms with E-state index >= 15 is 0 Å². The molecule has 0 heterocycles. The number of hydrogen-bond donors (Lipinski definition) is 1. The number of carbonyl (C=O) groups is 2. The largest absolute Gasteiger partial charge is 0.352 e. The summed E-state index contributed by atoms with van der Waals surface area (Å²) in [6, 6.07) is 13.9. The van der Waals surface area contributed by atoms with Gasteiger partial charge in [-0.2, -0.15) is 0 Å². The molecule has 36 heavy (non-hydrogen) atoms. The van der Waals surface area contributed by atoms with Crippen LogP contribution in [0.4, 0.5) is 5.69 Å². The Balaban J connectivity index is 2.22. The lowest BCUT2D eigenvalue weighted by Gasteiger charge is -2.32. The standard InChI is InChI=1S/C27H38ClN3O4S/c1-6-21(4)29-27(33)25(7-2)30(19-22-15-13-20(3)14-16-22)26(32)12-9-17-31(36(5,34)35)24-11-8-10-23(28)18-24/h8,10-11,13-16,18,21,25H,6-7,9,12,17,19H2,1-5H3,(H,29,33). The molecule has 7 nitrogen and oxygen atoms in total. The number of carbonyl (C=O) groups excluding carboxylic acids is 2. The molecule has 0 saturated carbocycles.